The van der Waals surface area contributed by atoms with Gasteiger partial charge in [-0.15, -0.1) is 0 Å². The first-order valence-corrected chi connectivity index (χ1v) is 9.51. The van der Waals surface area contributed by atoms with Gasteiger partial charge in [0.15, 0.2) is 5.96 Å². The Balaban J connectivity index is 1.67. The zero-order valence-corrected chi connectivity index (χ0v) is 14.3. The van der Waals surface area contributed by atoms with Crippen LogP contribution in [-0.4, -0.2) is 36.3 Å². The average molecular weight is 309 g/mol. The topological polar surface area (TPSA) is 56.7 Å². The van der Waals surface area contributed by atoms with Crippen LogP contribution in [-0.2, 0) is 0 Å². The lowest BCUT2D eigenvalue weighted by molar-refractivity contribution is 0.120. The smallest absolute Gasteiger partial charge is 0.191 e. The van der Waals surface area contributed by atoms with Crippen molar-refractivity contribution in [2.24, 2.45) is 10.9 Å². The summed E-state index contributed by atoms with van der Waals surface area (Å²) in [5.41, 5.74) is 0. The summed E-state index contributed by atoms with van der Waals surface area (Å²) in [4.78, 5) is 4.74. The highest BCUT2D eigenvalue weighted by atomic mass is 16.3. The van der Waals surface area contributed by atoms with E-state index in [-0.39, 0.29) is 6.10 Å². The van der Waals surface area contributed by atoms with Gasteiger partial charge >= 0.3 is 0 Å². The van der Waals surface area contributed by atoms with Crippen LogP contribution in [0.4, 0.5) is 0 Å². The number of rotatable bonds is 6. The maximum absolute atomic E-state index is 9.59. The lowest BCUT2D eigenvalue weighted by Gasteiger charge is -2.27. The van der Waals surface area contributed by atoms with Crippen molar-refractivity contribution in [3.05, 3.63) is 0 Å². The van der Waals surface area contributed by atoms with Crippen LogP contribution >= 0.6 is 0 Å². The highest BCUT2D eigenvalue weighted by Crippen LogP contribution is 2.27. The number of hydrogen-bond acceptors (Lipinski definition) is 2. The van der Waals surface area contributed by atoms with Gasteiger partial charge in [-0.25, -0.2) is 0 Å². The Kier molecular flexibility index (Phi) is 8.06. The molecule has 2 aliphatic rings. The molecule has 2 rings (SSSR count). The van der Waals surface area contributed by atoms with Crippen molar-refractivity contribution in [2.45, 2.75) is 89.7 Å². The van der Waals surface area contributed by atoms with Crippen molar-refractivity contribution in [1.82, 2.24) is 10.6 Å². The Labute approximate surface area is 136 Å². The first-order valence-electron chi connectivity index (χ1n) is 9.51. The van der Waals surface area contributed by atoms with Gasteiger partial charge in [-0.2, -0.15) is 0 Å². The Morgan fingerprint density at radius 2 is 1.77 bits per heavy atom. The summed E-state index contributed by atoms with van der Waals surface area (Å²) in [5.74, 6) is 1.92. The fourth-order valence-corrected chi connectivity index (χ4v) is 3.78. The molecule has 0 aromatic heterocycles. The van der Waals surface area contributed by atoms with Gasteiger partial charge in [0.05, 0.1) is 6.10 Å². The molecular weight excluding hydrogens is 274 g/mol. The van der Waals surface area contributed by atoms with Crippen molar-refractivity contribution in [1.29, 1.82) is 0 Å². The van der Waals surface area contributed by atoms with E-state index in [1.807, 2.05) is 0 Å². The maximum atomic E-state index is 9.59. The fraction of sp³-hybridized carbons (Fsp3) is 0.944. The summed E-state index contributed by atoms with van der Waals surface area (Å²) in [6.45, 7) is 3.95. The van der Waals surface area contributed by atoms with Crippen LogP contribution < -0.4 is 10.6 Å². The SMILES string of the molecule is CCNC(=NCCCC1CCCCC1)NC1CCC(O)CC1. The molecule has 2 fully saturated rings. The molecule has 4 heteroatoms. The predicted octanol–water partition coefficient (Wildman–Crippen LogP) is 3.21. The third kappa shape index (κ3) is 6.55. The molecule has 2 aliphatic carbocycles. The van der Waals surface area contributed by atoms with Gasteiger partial charge in [0.25, 0.3) is 0 Å². The molecule has 3 N–H and O–H groups in total. The third-order valence-corrected chi connectivity index (χ3v) is 5.15. The second kappa shape index (κ2) is 10.1. The summed E-state index contributed by atoms with van der Waals surface area (Å²) >= 11 is 0. The Bertz CT molecular complexity index is 318. The molecule has 22 heavy (non-hydrogen) atoms. The molecule has 0 heterocycles. The zero-order chi connectivity index (χ0) is 15.6. The van der Waals surface area contributed by atoms with Crippen LogP contribution in [0, 0.1) is 5.92 Å². The first-order chi connectivity index (χ1) is 10.8. The molecule has 0 saturated heterocycles. The fourth-order valence-electron chi connectivity index (χ4n) is 3.78. The zero-order valence-electron chi connectivity index (χ0n) is 14.3. The molecule has 0 unspecified atom stereocenters. The van der Waals surface area contributed by atoms with E-state index in [0.717, 1.165) is 50.7 Å². The number of aliphatic imine (C=N–C) groups is 1. The Morgan fingerprint density at radius 1 is 1.05 bits per heavy atom. The highest BCUT2D eigenvalue weighted by Gasteiger charge is 2.20. The maximum Gasteiger partial charge on any atom is 0.191 e. The standard InChI is InChI=1S/C18H35N3O/c1-2-19-18(21-16-10-12-17(22)13-11-16)20-14-6-9-15-7-4-3-5-8-15/h15-17,22H,2-14H2,1H3,(H2,19,20,21). The normalized spacial score (nSPS) is 27.6. The van der Waals surface area contributed by atoms with Crippen LogP contribution in [0.5, 0.6) is 0 Å². The summed E-state index contributed by atoms with van der Waals surface area (Å²) in [6.07, 6.45) is 13.6. The molecule has 0 amide bonds. The predicted molar refractivity (Wildman–Crippen MR) is 93.2 cm³/mol. The minimum absolute atomic E-state index is 0.0898. The van der Waals surface area contributed by atoms with Gasteiger partial charge in [0.1, 0.15) is 0 Å². The summed E-state index contributed by atoms with van der Waals surface area (Å²) in [6, 6.07) is 0.472. The Hall–Kier alpha value is -0.770. The van der Waals surface area contributed by atoms with E-state index < -0.39 is 0 Å². The number of hydrogen-bond donors (Lipinski definition) is 3. The molecule has 0 aliphatic heterocycles. The number of nitrogens with one attached hydrogen (secondary N) is 2. The third-order valence-electron chi connectivity index (χ3n) is 5.15. The van der Waals surface area contributed by atoms with E-state index in [2.05, 4.69) is 17.6 Å². The molecular formula is C18H35N3O. The minimum Gasteiger partial charge on any atom is -0.393 e. The van der Waals surface area contributed by atoms with Gasteiger partial charge < -0.3 is 15.7 Å². The molecule has 0 aromatic rings. The number of guanidine groups is 1. The van der Waals surface area contributed by atoms with E-state index >= 15 is 0 Å². The van der Waals surface area contributed by atoms with Gasteiger partial charge in [-0.1, -0.05) is 32.1 Å². The molecule has 0 atom stereocenters. The summed E-state index contributed by atoms with van der Waals surface area (Å²) in [5, 5.41) is 16.5. The average Bonchev–Trinajstić information content (AvgIpc) is 2.55. The molecule has 0 spiro atoms. The van der Waals surface area contributed by atoms with Gasteiger partial charge in [-0.3, -0.25) is 4.99 Å². The second-order valence-corrected chi connectivity index (χ2v) is 7.06. The van der Waals surface area contributed by atoms with Crippen LogP contribution in [0.15, 0.2) is 4.99 Å². The van der Waals surface area contributed by atoms with E-state index in [1.165, 1.54) is 44.9 Å². The van der Waals surface area contributed by atoms with Crippen LogP contribution in [0.25, 0.3) is 0 Å². The van der Waals surface area contributed by atoms with Crippen LogP contribution in [0.3, 0.4) is 0 Å². The monoisotopic (exact) mass is 309 g/mol. The van der Waals surface area contributed by atoms with Crippen LogP contribution in [0.1, 0.15) is 77.6 Å². The first kappa shape index (κ1) is 17.6. The molecule has 0 radical (unpaired) electrons. The second-order valence-electron chi connectivity index (χ2n) is 7.06. The van der Waals surface area contributed by atoms with Crippen molar-refractivity contribution in [2.75, 3.05) is 13.1 Å². The van der Waals surface area contributed by atoms with Crippen molar-refractivity contribution >= 4 is 5.96 Å². The lowest BCUT2D eigenvalue weighted by atomic mass is 9.86. The molecule has 0 bridgehead atoms. The van der Waals surface area contributed by atoms with Gasteiger partial charge in [0, 0.05) is 19.1 Å². The van der Waals surface area contributed by atoms with E-state index in [9.17, 15) is 5.11 Å². The molecule has 4 nitrogen and oxygen atoms in total. The van der Waals surface area contributed by atoms with Gasteiger partial charge in [0.2, 0.25) is 0 Å². The van der Waals surface area contributed by atoms with E-state index in [1.54, 1.807) is 0 Å². The summed E-state index contributed by atoms with van der Waals surface area (Å²) in [7, 11) is 0. The lowest BCUT2D eigenvalue weighted by Crippen LogP contribution is -2.45. The van der Waals surface area contributed by atoms with E-state index in [0.29, 0.717) is 6.04 Å². The number of nitrogens with zero attached hydrogens (tertiary/aromatic N) is 1. The van der Waals surface area contributed by atoms with Crippen molar-refractivity contribution in [3.63, 3.8) is 0 Å². The van der Waals surface area contributed by atoms with Crippen molar-refractivity contribution < 1.29 is 5.11 Å². The molecule has 2 saturated carbocycles. The van der Waals surface area contributed by atoms with Crippen LogP contribution in [0.2, 0.25) is 0 Å². The van der Waals surface area contributed by atoms with Crippen molar-refractivity contribution in [3.8, 4) is 0 Å². The molecule has 0 aromatic carbocycles. The summed E-state index contributed by atoms with van der Waals surface area (Å²) < 4.78 is 0. The van der Waals surface area contributed by atoms with E-state index in [4.69, 9.17) is 4.99 Å². The Morgan fingerprint density at radius 3 is 2.45 bits per heavy atom. The largest absolute Gasteiger partial charge is 0.393 e. The minimum atomic E-state index is -0.0898. The highest BCUT2D eigenvalue weighted by molar-refractivity contribution is 5.80. The quantitative estimate of drug-likeness (QED) is 0.401. The molecule has 128 valence electrons. The number of aliphatic hydroxyl groups excluding tert-OH is 1. The number of aliphatic hydroxyl groups is 1. The van der Waals surface area contributed by atoms with Gasteiger partial charge in [-0.05, 0) is 51.4 Å².